The second kappa shape index (κ2) is 6.70. The van der Waals surface area contributed by atoms with Crippen molar-refractivity contribution >= 4 is 29.2 Å². The van der Waals surface area contributed by atoms with Gasteiger partial charge in [-0.3, -0.25) is 0 Å². The molecule has 1 heterocycles. The van der Waals surface area contributed by atoms with Crippen LogP contribution in [0, 0.1) is 0 Å². The van der Waals surface area contributed by atoms with Crippen molar-refractivity contribution in [1.29, 1.82) is 0 Å². The molecule has 2 nitrogen and oxygen atoms in total. The average molecular weight is 226 g/mol. The summed E-state index contributed by atoms with van der Waals surface area (Å²) in [5, 5.41) is 0. The van der Waals surface area contributed by atoms with E-state index in [0.717, 1.165) is 26.2 Å². The molecular formula is C7H11KN2S2. The summed E-state index contributed by atoms with van der Waals surface area (Å²) < 4.78 is 0.591. The van der Waals surface area contributed by atoms with E-state index in [9.17, 15) is 0 Å². The zero-order valence-corrected chi connectivity index (χ0v) is 12.1. The van der Waals surface area contributed by atoms with Crippen LogP contribution >= 0.6 is 12.2 Å². The molecule has 0 radical (unpaired) electrons. The van der Waals surface area contributed by atoms with Crippen LogP contribution in [0.5, 0.6) is 0 Å². The molecular weight excluding hydrogens is 215 g/mol. The number of nitrogens with zero attached hydrogens (tertiary/aromatic N) is 2. The van der Waals surface area contributed by atoms with Crippen molar-refractivity contribution in [2.24, 2.45) is 0 Å². The summed E-state index contributed by atoms with van der Waals surface area (Å²) in [5.74, 6) is 0. The Kier molecular flexibility index (Phi) is 7.42. The fraction of sp³-hybridized carbons (Fsp3) is 0.571. The summed E-state index contributed by atoms with van der Waals surface area (Å²) in [7, 11) is 0. The largest absolute Gasteiger partial charge is 1.00 e. The van der Waals surface area contributed by atoms with Crippen molar-refractivity contribution < 1.29 is 51.4 Å². The van der Waals surface area contributed by atoms with Crippen LogP contribution < -0.4 is 51.4 Å². The van der Waals surface area contributed by atoms with Gasteiger partial charge in [-0.1, -0.05) is 10.9 Å². The van der Waals surface area contributed by atoms with E-state index in [0.29, 0.717) is 4.32 Å². The topological polar surface area (TPSA) is 6.48 Å². The first kappa shape index (κ1) is 13.3. The van der Waals surface area contributed by atoms with Gasteiger partial charge in [0.1, 0.15) is 0 Å². The monoisotopic (exact) mass is 226 g/mol. The van der Waals surface area contributed by atoms with Crippen molar-refractivity contribution in [3.63, 3.8) is 0 Å². The predicted octanol–water partition coefficient (Wildman–Crippen LogP) is -2.42. The van der Waals surface area contributed by atoms with Crippen LogP contribution in [-0.2, 0) is 12.6 Å². The normalized spacial score (nSPS) is 16.7. The van der Waals surface area contributed by atoms with Crippen LogP contribution in [-0.4, -0.2) is 40.3 Å². The Morgan fingerprint density at radius 2 is 1.83 bits per heavy atom. The van der Waals surface area contributed by atoms with Gasteiger partial charge in [0.2, 0.25) is 0 Å². The third-order valence-corrected chi connectivity index (χ3v) is 2.35. The minimum atomic E-state index is 0. The molecule has 0 spiro atoms. The molecule has 0 aromatic rings. The molecule has 1 fully saturated rings. The van der Waals surface area contributed by atoms with Crippen LogP contribution in [0.15, 0.2) is 12.8 Å². The minimum absolute atomic E-state index is 0. The van der Waals surface area contributed by atoms with Gasteiger partial charge in [-0.25, -0.2) is 0 Å². The van der Waals surface area contributed by atoms with Crippen molar-refractivity contribution in [3.05, 3.63) is 12.8 Å². The number of hydrogen-bond donors (Lipinski definition) is 0. The molecule has 0 saturated carbocycles. The van der Waals surface area contributed by atoms with Crippen LogP contribution in [0.4, 0.5) is 0 Å². The summed E-state index contributed by atoms with van der Waals surface area (Å²) in [4.78, 5) is 4.22. The van der Waals surface area contributed by atoms with E-state index in [1.54, 1.807) is 0 Å². The maximum Gasteiger partial charge on any atom is 1.00 e. The Bertz CT molecular complexity index is 167. The van der Waals surface area contributed by atoms with Crippen LogP contribution in [0.3, 0.4) is 0 Å². The summed E-state index contributed by atoms with van der Waals surface area (Å²) in [5.41, 5.74) is 0. The molecule has 1 aliphatic heterocycles. The van der Waals surface area contributed by atoms with Gasteiger partial charge < -0.3 is 34.6 Å². The maximum atomic E-state index is 4.89. The smallest absolute Gasteiger partial charge is 0.411 e. The molecule has 5 heteroatoms. The molecule has 1 rings (SSSR count). The molecule has 0 bridgehead atoms. The fourth-order valence-corrected chi connectivity index (χ4v) is 1.45. The predicted molar refractivity (Wildman–Crippen MR) is 53.3 cm³/mol. The van der Waals surface area contributed by atoms with Gasteiger partial charge in [-0.05, 0) is 6.20 Å². The Hall–Kier alpha value is 1.29. The summed E-state index contributed by atoms with van der Waals surface area (Å²) in [6, 6.07) is 0. The third kappa shape index (κ3) is 4.00. The first-order valence-corrected chi connectivity index (χ1v) is 4.38. The molecule has 1 aliphatic rings. The van der Waals surface area contributed by atoms with E-state index in [2.05, 4.69) is 11.5 Å². The van der Waals surface area contributed by atoms with Gasteiger partial charge >= 0.3 is 51.4 Å². The second-order valence-electron chi connectivity index (χ2n) is 2.47. The van der Waals surface area contributed by atoms with Crippen molar-refractivity contribution in [3.8, 4) is 0 Å². The molecule has 0 aromatic heterocycles. The standard InChI is InChI=1S/C7H12N2S2.K/c1-2-8-3-5-9(6-4-8)7(10)11;/h2H,1,3-6H2,(H,10,11);/q;+1/p-1. The average Bonchev–Trinajstić information content (AvgIpc) is 2.05. The number of rotatable bonds is 1. The molecule has 0 aliphatic carbocycles. The molecule has 0 aromatic carbocycles. The quantitative estimate of drug-likeness (QED) is 0.279. The van der Waals surface area contributed by atoms with E-state index >= 15 is 0 Å². The molecule has 0 N–H and O–H groups in total. The van der Waals surface area contributed by atoms with E-state index in [-0.39, 0.29) is 51.4 Å². The van der Waals surface area contributed by atoms with Crippen molar-refractivity contribution in [1.82, 2.24) is 9.80 Å². The fourth-order valence-electron chi connectivity index (χ4n) is 1.09. The summed E-state index contributed by atoms with van der Waals surface area (Å²) in [6.45, 7) is 7.55. The van der Waals surface area contributed by atoms with E-state index in [1.807, 2.05) is 11.1 Å². The maximum absolute atomic E-state index is 4.89. The first-order chi connectivity index (χ1) is 5.24. The Balaban J connectivity index is 0.00000121. The van der Waals surface area contributed by atoms with Gasteiger partial charge in [-0.15, -0.1) is 0 Å². The first-order valence-electron chi connectivity index (χ1n) is 3.56. The van der Waals surface area contributed by atoms with E-state index < -0.39 is 0 Å². The second-order valence-corrected chi connectivity index (χ2v) is 3.50. The van der Waals surface area contributed by atoms with Crippen LogP contribution in [0.25, 0.3) is 0 Å². The van der Waals surface area contributed by atoms with Gasteiger partial charge in [-0.2, -0.15) is 0 Å². The van der Waals surface area contributed by atoms with E-state index in [4.69, 9.17) is 24.8 Å². The van der Waals surface area contributed by atoms with Gasteiger partial charge in [0.25, 0.3) is 0 Å². The van der Waals surface area contributed by atoms with Crippen LogP contribution in [0.1, 0.15) is 0 Å². The molecule has 0 atom stereocenters. The third-order valence-electron chi connectivity index (χ3n) is 1.83. The minimum Gasteiger partial charge on any atom is -0.411 e. The Labute approximate surface area is 127 Å². The molecule has 0 unspecified atom stereocenters. The zero-order chi connectivity index (χ0) is 8.27. The molecule has 62 valence electrons. The SMILES string of the molecule is C=CN1CCN(C(=S)[S-])CC1.[K+]. The molecule has 1 saturated heterocycles. The van der Waals surface area contributed by atoms with Crippen molar-refractivity contribution in [2.45, 2.75) is 0 Å². The number of hydrogen-bond acceptors (Lipinski definition) is 3. The molecule has 12 heavy (non-hydrogen) atoms. The Morgan fingerprint density at radius 3 is 2.17 bits per heavy atom. The molecule has 0 amide bonds. The number of piperazine rings is 1. The zero-order valence-electron chi connectivity index (χ0n) is 7.32. The van der Waals surface area contributed by atoms with Gasteiger partial charge in [0.15, 0.2) is 0 Å². The van der Waals surface area contributed by atoms with Gasteiger partial charge in [0, 0.05) is 26.2 Å². The van der Waals surface area contributed by atoms with E-state index in [1.165, 1.54) is 0 Å². The summed E-state index contributed by atoms with van der Waals surface area (Å²) in [6.07, 6.45) is 1.86. The summed E-state index contributed by atoms with van der Waals surface area (Å²) >= 11 is 9.77. The van der Waals surface area contributed by atoms with Crippen LogP contribution in [0.2, 0.25) is 0 Å². The Morgan fingerprint density at radius 1 is 1.33 bits per heavy atom. The number of thiocarbonyl (C=S) groups is 1. The van der Waals surface area contributed by atoms with Gasteiger partial charge in [0.05, 0.1) is 0 Å². The van der Waals surface area contributed by atoms with Crippen molar-refractivity contribution in [2.75, 3.05) is 26.2 Å².